The standard InChI is InChI=1S/C16H11N3.ClH/c1-2-5-13-10-14(7-6-12(13)4-1)15-11-19-9-3-8-17-16(19)18-15;/h1-11H;1H. The minimum absolute atomic E-state index is 0. The zero-order valence-electron chi connectivity index (χ0n) is 10.6. The second-order valence-electron chi connectivity index (χ2n) is 4.52. The van der Waals surface area contributed by atoms with E-state index < -0.39 is 0 Å². The summed E-state index contributed by atoms with van der Waals surface area (Å²) in [5.74, 6) is 0.727. The fourth-order valence-electron chi connectivity index (χ4n) is 2.32. The van der Waals surface area contributed by atoms with Gasteiger partial charge in [0.05, 0.1) is 5.69 Å². The highest BCUT2D eigenvalue weighted by Gasteiger charge is 2.05. The van der Waals surface area contributed by atoms with Crippen LogP contribution in [-0.2, 0) is 0 Å². The lowest BCUT2D eigenvalue weighted by Crippen LogP contribution is -1.83. The third-order valence-corrected chi connectivity index (χ3v) is 3.28. The zero-order valence-corrected chi connectivity index (χ0v) is 11.4. The summed E-state index contributed by atoms with van der Waals surface area (Å²) in [6.45, 7) is 0. The smallest absolute Gasteiger partial charge is 0.234 e. The summed E-state index contributed by atoms with van der Waals surface area (Å²) in [4.78, 5) is 8.78. The van der Waals surface area contributed by atoms with Crippen LogP contribution in [0.3, 0.4) is 0 Å². The van der Waals surface area contributed by atoms with Crippen LogP contribution in [0, 0.1) is 0 Å². The molecule has 0 atom stereocenters. The van der Waals surface area contributed by atoms with Gasteiger partial charge in [0.15, 0.2) is 0 Å². The third kappa shape index (κ3) is 2.02. The van der Waals surface area contributed by atoms with Gasteiger partial charge in [-0.05, 0) is 22.9 Å². The number of halogens is 1. The highest BCUT2D eigenvalue weighted by Crippen LogP contribution is 2.23. The van der Waals surface area contributed by atoms with E-state index in [-0.39, 0.29) is 12.4 Å². The molecule has 0 aliphatic rings. The monoisotopic (exact) mass is 281 g/mol. The van der Waals surface area contributed by atoms with Crippen molar-refractivity contribution in [2.75, 3.05) is 0 Å². The highest BCUT2D eigenvalue weighted by molar-refractivity contribution is 5.86. The van der Waals surface area contributed by atoms with Crippen molar-refractivity contribution < 1.29 is 0 Å². The Bertz CT molecular complexity index is 850. The number of hydrogen-bond donors (Lipinski definition) is 0. The highest BCUT2D eigenvalue weighted by atomic mass is 35.5. The summed E-state index contributed by atoms with van der Waals surface area (Å²) in [7, 11) is 0. The number of benzene rings is 2. The van der Waals surface area contributed by atoms with E-state index in [1.165, 1.54) is 10.8 Å². The maximum Gasteiger partial charge on any atom is 0.234 e. The van der Waals surface area contributed by atoms with Gasteiger partial charge in [0.1, 0.15) is 0 Å². The van der Waals surface area contributed by atoms with Gasteiger partial charge in [-0.3, -0.25) is 4.40 Å². The number of rotatable bonds is 1. The van der Waals surface area contributed by atoms with E-state index in [0.717, 1.165) is 17.0 Å². The van der Waals surface area contributed by atoms with Crippen molar-refractivity contribution in [2.24, 2.45) is 0 Å². The zero-order chi connectivity index (χ0) is 12.7. The van der Waals surface area contributed by atoms with E-state index in [0.29, 0.717) is 0 Å². The summed E-state index contributed by atoms with van der Waals surface area (Å²) in [5.41, 5.74) is 2.06. The number of hydrogen-bond acceptors (Lipinski definition) is 2. The van der Waals surface area contributed by atoms with E-state index in [4.69, 9.17) is 0 Å². The van der Waals surface area contributed by atoms with Crippen LogP contribution in [0.1, 0.15) is 0 Å². The second kappa shape index (κ2) is 4.94. The van der Waals surface area contributed by atoms with Crippen LogP contribution in [0.2, 0.25) is 0 Å². The van der Waals surface area contributed by atoms with Gasteiger partial charge < -0.3 is 0 Å². The van der Waals surface area contributed by atoms with Gasteiger partial charge in [-0.15, -0.1) is 12.4 Å². The summed E-state index contributed by atoms with van der Waals surface area (Å²) in [5, 5.41) is 2.47. The van der Waals surface area contributed by atoms with E-state index in [1.807, 2.05) is 22.9 Å². The molecule has 98 valence electrons. The number of nitrogens with zero attached hydrogens (tertiary/aromatic N) is 3. The molecule has 0 aliphatic carbocycles. The molecule has 4 aromatic rings. The predicted octanol–water partition coefficient (Wildman–Crippen LogP) is 3.97. The largest absolute Gasteiger partial charge is 0.291 e. The molecule has 0 aliphatic heterocycles. The molecule has 20 heavy (non-hydrogen) atoms. The molecule has 4 rings (SSSR count). The first-order valence-electron chi connectivity index (χ1n) is 6.19. The molecular formula is C16H12ClN3. The van der Waals surface area contributed by atoms with E-state index >= 15 is 0 Å². The van der Waals surface area contributed by atoms with Crippen molar-refractivity contribution in [2.45, 2.75) is 0 Å². The maximum absolute atomic E-state index is 4.54. The minimum atomic E-state index is 0. The van der Waals surface area contributed by atoms with Gasteiger partial charge in [0, 0.05) is 24.2 Å². The first-order chi connectivity index (χ1) is 9.40. The lowest BCUT2D eigenvalue weighted by Gasteiger charge is -2.00. The molecule has 0 spiro atoms. The fourth-order valence-corrected chi connectivity index (χ4v) is 2.32. The third-order valence-electron chi connectivity index (χ3n) is 3.28. The molecular weight excluding hydrogens is 270 g/mol. The van der Waals surface area contributed by atoms with Crippen LogP contribution in [0.15, 0.2) is 67.1 Å². The van der Waals surface area contributed by atoms with Gasteiger partial charge in [-0.2, -0.15) is 0 Å². The van der Waals surface area contributed by atoms with Crippen molar-refractivity contribution >= 4 is 29.0 Å². The Morgan fingerprint density at radius 1 is 0.900 bits per heavy atom. The van der Waals surface area contributed by atoms with E-state index in [1.54, 1.807) is 6.20 Å². The van der Waals surface area contributed by atoms with Crippen LogP contribution in [0.5, 0.6) is 0 Å². The SMILES string of the molecule is Cl.c1ccc2cc(-c3cn4cccnc4n3)ccc2c1. The summed E-state index contributed by atoms with van der Waals surface area (Å²) < 4.78 is 1.94. The Labute approximate surface area is 122 Å². The Kier molecular flexibility index (Phi) is 3.12. The first kappa shape index (κ1) is 12.6. The Hall–Kier alpha value is -2.39. The summed E-state index contributed by atoms with van der Waals surface area (Å²) in [6, 6.07) is 16.6. The van der Waals surface area contributed by atoms with Gasteiger partial charge in [-0.1, -0.05) is 36.4 Å². The topological polar surface area (TPSA) is 30.2 Å². The Balaban J connectivity index is 0.00000121. The van der Waals surface area contributed by atoms with Crippen LogP contribution in [0.4, 0.5) is 0 Å². The minimum Gasteiger partial charge on any atom is -0.291 e. The molecule has 0 bridgehead atoms. The first-order valence-corrected chi connectivity index (χ1v) is 6.19. The molecule has 3 nitrogen and oxygen atoms in total. The van der Waals surface area contributed by atoms with Crippen molar-refractivity contribution in [1.82, 2.24) is 14.4 Å². The fraction of sp³-hybridized carbons (Fsp3) is 0. The molecule has 0 N–H and O–H groups in total. The average Bonchev–Trinajstić information content (AvgIpc) is 2.90. The van der Waals surface area contributed by atoms with Crippen molar-refractivity contribution in [3.63, 3.8) is 0 Å². The van der Waals surface area contributed by atoms with E-state index in [9.17, 15) is 0 Å². The number of fused-ring (bicyclic) bond motifs is 2. The van der Waals surface area contributed by atoms with Crippen molar-refractivity contribution in [3.8, 4) is 11.3 Å². The molecule has 4 heteroatoms. The van der Waals surface area contributed by atoms with Gasteiger partial charge in [-0.25, -0.2) is 9.97 Å². The van der Waals surface area contributed by atoms with E-state index in [2.05, 4.69) is 52.4 Å². The normalized spacial score (nSPS) is 10.6. The molecule has 2 aromatic heterocycles. The molecule has 0 radical (unpaired) electrons. The Morgan fingerprint density at radius 2 is 1.75 bits per heavy atom. The van der Waals surface area contributed by atoms with Crippen molar-refractivity contribution in [3.05, 3.63) is 67.1 Å². The predicted molar refractivity (Wildman–Crippen MR) is 83.2 cm³/mol. The molecule has 0 unspecified atom stereocenters. The average molecular weight is 282 g/mol. The number of imidazole rings is 1. The quantitative estimate of drug-likeness (QED) is 0.528. The maximum atomic E-state index is 4.54. The van der Waals surface area contributed by atoms with Gasteiger partial charge in [0.25, 0.3) is 0 Å². The summed E-state index contributed by atoms with van der Waals surface area (Å²) in [6.07, 6.45) is 5.72. The van der Waals surface area contributed by atoms with Crippen LogP contribution >= 0.6 is 12.4 Å². The second-order valence-corrected chi connectivity index (χ2v) is 4.52. The van der Waals surface area contributed by atoms with Crippen LogP contribution < -0.4 is 0 Å². The van der Waals surface area contributed by atoms with Crippen LogP contribution in [0.25, 0.3) is 27.8 Å². The lowest BCUT2D eigenvalue weighted by molar-refractivity contribution is 1.11. The molecule has 0 saturated heterocycles. The van der Waals surface area contributed by atoms with Gasteiger partial charge in [0.2, 0.25) is 5.78 Å². The van der Waals surface area contributed by atoms with Crippen LogP contribution in [-0.4, -0.2) is 14.4 Å². The summed E-state index contributed by atoms with van der Waals surface area (Å²) >= 11 is 0. The lowest BCUT2D eigenvalue weighted by atomic mass is 10.1. The Morgan fingerprint density at radius 3 is 2.60 bits per heavy atom. The molecule has 2 aromatic carbocycles. The molecule has 0 fully saturated rings. The molecule has 2 heterocycles. The molecule has 0 saturated carbocycles. The molecule has 0 amide bonds. The van der Waals surface area contributed by atoms with Crippen molar-refractivity contribution in [1.29, 1.82) is 0 Å². The number of aromatic nitrogens is 3. The van der Waals surface area contributed by atoms with Gasteiger partial charge >= 0.3 is 0 Å².